The van der Waals surface area contributed by atoms with Crippen molar-refractivity contribution < 1.29 is 17.9 Å². The number of ether oxygens (including phenoxy) is 1. The van der Waals surface area contributed by atoms with Gasteiger partial charge in [0.25, 0.3) is 5.56 Å². The molecule has 1 saturated heterocycles. The van der Waals surface area contributed by atoms with Crippen molar-refractivity contribution in [2.75, 3.05) is 11.5 Å². The number of carbonyl (C=O) groups is 1. The van der Waals surface area contributed by atoms with Crippen LogP contribution in [0.15, 0.2) is 47.7 Å². The van der Waals surface area contributed by atoms with Gasteiger partial charge in [-0.05, 0) is 12.0 Å². The number of nitrogens with zero attached hydrogens (tertiary/aromatic N) is 4. The molecule has 1 aliphatic rings. The second-order valence-corrected chi connectivity index (χ2v) is 8.94. The highest BCUT2D eigenvalue weighted by Gasteiger charge is 2.31. The third-order valence-electron chi connectivity index (χ3n) is 4.68. The number of sulfone groups is 1. The van der Waals surface area contributed by atoms with Crippen LogP contribution in [-0.2, 0) is 32.5 Å². The SMILES string of the molecule is O=C(Cn1cnc2c(cnn2[C@@H]2CCS(=O)(=O)C2)c1=O)OCc1ccccc1. The zero-order valence-corrected chi connectivity index (χ0v) is 15.7. The maximum absolute atomic E-state index is 12.6. The highest BCUT2D eigenvalue weighted by molar-refractivity contribution is 7.91. The Morgan fingerprint density at radius 1 is 1.25 bits per heavy atom. The van der Waals surface area contributed by atoms with Crippen LogP contribution in [0.3, 0.4) is 0 Å². The maximum Gasteiger partial charge on any atom is 0.326 e. The fourth-order valence-corrected chi connectivity index (χ4v) is 4.93. The van der Waals surface area contributed by atoms with Gasteiger partial charge in [0.2, 0.25) is 0 Å². The normalized spacial score (nSPS) is 18.4. The van der Waals surface area contributed by atoms with Crippen LogP contribution >= 0.6 is 0 Å². The minimum absolute atomic E-state index is 0.0135. The molecule has 1 aromatic carbocycles. The van der Waals surface area contributed by atoms with E-state index in [-0.39, 0.29) is 36.1 Å². The first-order valence-electron chi connectivity index (χ1n) is 8.75. The standard InChI is InChI=1S/C18H18N4O5S/c23-16(27-10-13-4-2-1-3-5-13)9-21-12-19-17-15(18(21)24)8-20-22(17)14-6-7-28(25,26)11-14/h1-5,8,12,14H,6-7,9-11H2/t14-/m1/s1. The first-order chi connectivity index (χ1) is 13.4. The van der Waals surface area contributed by atoms with E-state index in [0.717, 1.165) is 10.1 Å². The molecule has 0 bridgehead atoms. The van der Waals surface area contributed by atoms with Crippen molar-refractivity contribution in [1.29, 1.82) is 0 Å². The molecule has 9 nitrogen and oxygen atoms in total. The number of fused-ring (bicyclic) bond motifs is 1. The fourth-order valence-electron chi connectivity index (χ4n) is 3.24. The number of carbonyl (C=O) groups excluding carboxylic acids is 1. The molecule has 2 aromatic heterocycles. The first kappa shape index (κ1) is 18.4. The van der Waals surface area contributed by atoms with Crippen LogP contribution < -0.4 is 5.56 Å². The lowest BCUT2D eigenvalue weighted by Gasteiger charge is -2.10. The van der Waals surface area contributed by atoms with Crippen molar-refractivity contribution >= 4 is 26.8 Å². The van der Waals surface area contributed by atoms with Crippen LogP contribution in [0.4, 0.5) is 0 Å². The van der Waals surface area contributed by atoms with Gasteiger partial charge in [0.1, 0.15) is 24.9 Å². The summed E-state index contributed by atoms with van der Waals surface area (Å²) in [5.41, 5.74) is 0.749. The smallest absolute Gasteiger partial charge is 0.326 e. The second kappa shape index (κ2) is 7.19. The Balaban J connectivity index is 1.51. The Bertz CT molecular complexity index is 1180. The van der Waals surface area contributed by atoms with Gasteiger partial charge >= 0.3 is 5.97 Å². The van der Waals surface area contributed by atoms with Gasteiger partial charge in [-0.2, -0.15) is 5.10 Å². The van der Waals surface area contributed by atoms with E-state index in [2.05, 4.69) is 10.1 Å². The van der Waals surface area contributed by atoms with Gasteiger partial charge in [-0.3, -0.25) is 14.2 Å². The molecular weight excluding hydrogens is 384 g/mol. The van der Waals surface area contributed by atoms with E-state index in [1.54, 1.807) is 0 Å². The molecule has 4 rings (SSSR count). The third kappa shape index (κ3) is 3.68. The largest absolute Gasteiger partial charge is 0.459 e. The van der Waals surface area contributed by atoms with Crippen molar-refractivity contribution in [2.45, 2.75) is 25.6 Å². The van der Waals surface area contributed by atoms with Gasteiger partial charge in [-0.1, -0.05) is 30.3 Å². The molecule has 1 atom stereocenters. The summed E-state index contributed by atoms with van der Waals surface area (Å²) in [7, 11) is -3.09. The van der Waals surface area contributed by atoms with E-state index in [1.807, 2.05) is 30.3 Å². The second-order valence-electron chi connectivity index (χ2n) is 6.71. The summed E-state index contributed by atoms with van der Waals surface area (Å²) in [5.74, 6) is -0.467. The molecule has 3 heterocycles. The van der Waals surface area contributed by atoms with Crippen LogP contribution in [0.1, 0.15) is 18.0 Å². The van der Waals surface area contributed by atoms with Crippen LogP contribution in [0.2, 0.25) is 0 Å². The molecule has 1 fully saturated rings. The molecule has 3 aromatic rings. The molecule has 10 heteroatoms. The van der Waals surface area contributed by atoms with Gasteiger partial charge in [0, 0.05) is 0 Å². The Hall–Kier alpha value is -3.01. The molecule has 0 amide bonds. The van der Waals surface area contributed by atoms with E-state index in [9.17, 15) is 18.0 Å². The zero-order chi connectivity index (χ0) is 19.7. The maximum atomic E-state index is 12.6. The molecule has 146 valence electrons. The molecule has 0 radical (unpaired) electrons. The van der Waals surface area contributed by atoms with Crippen LogP contribution in [-0.4, -0.2) is 45.2 Å². The number of hydrogen-bond donors (Lipinski definition) is 0. The summed E-state index contributed by atoms with van der Waals surface area (Å²) in [5, 5.41) is 4.40. The fraction of sp³-hybridized carbons (Fsp3) is 0.333. The van der Waals surface area contributed by atoms with Crippen LogP contribution in [0, 0.1) is 0 Å². The lowest BCUT2D eigenvalue weighted by atomic mass is 10.2. The van der Waals surface area contributed by atoms with Crippen LogP contribution in [0.5, 0.6) is 0 Å². The molecule has 28 heavy (non-hydrogen) atoms. The first-order valence-corrected chi connectivity index (χ1v) is 10.6. The van der Waals surface area contributed by atoms with E-state index in [0.29, 0.717) is 12.1 Å². The van der Waals surface area contributed by atoms with Crippen molar-refractivity contribution in [1.82, 2.24) is 19.3 Å². The Morgan fingerprint density at radius 2 is 2.04 bits per heavy atom. The minimum atomic E-state index is -3.09. The number of aromatic nitrogens is 4. The molecular formula is C18H18N4O5S. The molecule has 0 saturated carbocycles. The summed E-state index contributed by atoms with van der Waals surface area (Å²) >= 11 is 0. The quantitative estimate of drug-likeness (QED) is 0.577. The number of hydrogen-bond acceptors (Lipinski definition) is 7. The molecule has 0 N–H and O–H groups in total. The van der Waals surface area contributed by atoms with Crippen molar-refractivity contribution in [3.63, 3.8) is 0 Å². The van der Waals surface area contributed by atoms with E-state index in [4.69, 9.17) is 4.74 Å². The summed E-state index contributed by atoms with van der Waals surface area (Å²) in [6.45, 7) is -0.143. The van der Waals surface area contributed by atoms with E-state index in [1.165, 1.54) is 17.2 Å². The molecule has 0 unspecified atom stereocenters. The van der Waals surface area contributed by atoms with Gasteiger partial charge in [0.05, 0.1) is 23.7 Å². The van der Waals surface area contributed by atoms with Crippen molar-refractivity contribution in [3.05, 3.63) is 58.8 Å². The number of rotatable bonds is 5. The molecule has 0 spiro atoms. The molecule has 0 aliphatic carbocycles. The third-order valence-corrected chi connectivity index (χ3v) is 6.43. The summed E-state index contributed by atoms with van der Waals surface area (Å²) in [4.78, 5) is 28.9. The monoisotopic (exact) mass is 402 g/mol. The van der Waals surface area contributed by atoms with Crippen molar-refractivity contribution in [2.24, 2.45) is 0 Å². The van der Waals surface area contributed by atoms with Gasteiger partial charge < -0.3 is 4.74 Å². The Morgan fingerprint density at radius 3 is 2.75 bits per heavy atom. The summed E-state index contributed by atoms with van der Waals surface area (Å²) in [6.07, 6.45) is 3.06. The highest BCUT2D eigenvalue weighted by atomic mass is 32.2. The average Bonchev–Trinajstić information content (AvgIpc) is 3.26. The average molecular weight is 402 g/mol. The number of esters is 1. The summed E-state index contributed by atoms with van der Waals surface area (Å²) in [6, 6.07) is 8.90. The number of benzene rings is 1. The van der Waals surface area contributed by atoms with Gasteiger partial charge in [-0.15, -0.1) is 0 Å². The van der Waals surface area contributed by atoms with Gasteiger partial charge in [0.15, 0.2) is 15.5 Å². The lowest BCUT2D eigenvalue weighted by Crippen LogP contribution is -2.26. The predicted molar refractivity (Wildman–Crippen MR) is 100 cm³/mol. The minimum Gasteiger partial charge on any atom is -0.459 e. The summed E-state index contributed by atoms with van der Waals surface area (Å²) < 4.78 is 31.2. The van der Waals surface area contributed by atoms with E-state index < -0.39 is 21.4 Å². The van der Waals surface area contributed by atoms with Crippen LogP contribution in [0.25, 0.3) is 11.0 Å². The Kier molecular flexibility index (Phi) is 4.71. The topological polar surface area (TPSA) is 113 Å². The van der Waals surface area contributed by atoms with Crippen molar-refractivity contribution in [3.8, 4) is 0 Å². The zero-order valence-electron chi connectivity index (χ0n) is 14.9. The van der Waals surface area contributed by atoms with Gasteiger partial charge in [-0.25, -0.2) is 18.1 Å². The Labute approximate surface area is 160 Å². The van der Waals surface area contributed by atoms with E-state index >= 15 is 0 Å². The highest BCUT2D eigenvalue weighted by Crippen LogP contribution is 2.25. The predicted octanol–water partition coefficient (Wildman–Crippen LogP) is 0.696. The molecule has 1 aliphatic heterocycles. The lowest BCUT2D eigenvalue weighted by molar-refractivity contribution is -0.145.